The summed E-state index contributed by atoms with van der Waals surface area (Å²) in [7, 11) is 0. The van der Waals surface area contributed by atoms with Gasteiger partial charge < -0.3 is 10.6 Å². The smallest absolute Gasteiger partial charge is 0.220 e. The van der Waals surface area contributed by atoms with Crippen LogP contribution in [0.15, 0.2) is 30.3 Å². The Morgan fingerprint density at radius 1 is 1.18 bits per heavy atom. The molecule has 4 fully saturated rings. The molecule has 3 nitrogen and oxygen atoms in total. The summed E-state index contributed by atoms with van der Waals surface area (Å²) in [5, 5.41) is 6.91. The Morgan fingerprint density at radius 3 is 2.79 bits per heavy atom. The highest BCUT2D eigenvalue weighted by Gasteiger charge is 2.49. The second-order valence-corrected chi connectivity index (χ2v) is 10.8. The first kappa shape index (κ1) is 18.7. The summed E-state index contributed by atoms with van der Waals surface area (Å²) in [6, 6.07) is 12.2. The van der Waals surface area contributed by atoms with Crippen molar-refractivity contribution in [1.29, 1.82) is 0 Å². The molecule has 1 amide bonds. The molecule has 2 N–H and O–H groups in total. The molecule has 0 spiro atoms. The molecule has 28 heavy (non-hydrogen) atoms. The molecule has 1 saturated heterocycles. The van der Waals surface area contributed by atoms with E-state index in [0.717, 1.165) is 18.9 Å². The highest BCUT2D eigenvalue weighted by atomic mass is 16.1. The number of carbonyl (C=O) groups excluding carboxylic acids is 1. The number of nitrogens with one attached hydrogen (secondary N) is 2. The molecule has 4 unspecified atom stereocenters. The van der Waals surface area contributed by atoms with Crippen molar-refractivity contribution in [2.24, 2.45) is 17.3 Å². The average Bonchev–Trinajstić information content (AvgIpc) is 3.29. The Kier molecular flexibility index (Phi) is 4.77. The van der Waals surface area contributed by atoms with Crippen molar-refractivity contribution >= 4 is 5.91 Å². The van der Waals surface area contributed by atoms with Crippen molar-refractivity contribution in [3.63, 3.8) is 0 Å². The maximum absolute atomic E-state index is 12.7. The maximum atomic E-state index is 12.7. The van der Waals surface area contributed by atoms with E-state index in [4.69, 9.17) is 0 Å². The van der Waals surface area contributed by atoms with Crippen molar-refractivity contribution in [1.82, 2.24) is 10.6 Å². The van der Waals surface area contributed by atoms with Gasteiger partial charge in [-0.15, -0.1) is 0 Å². The second kappa shape index (κ2) is 7.16. The van der Waals surface area contributed by atoms with Crippen LogP contribution in [0.25, 0.3) is 0 Å². The Labute approximate surface area is 170 Å². The van der Waals surface area contributed by atoms with Crippen molar-refractivity contribution < 1.29 is 4.79 Å². The standard InChI is InChI=1S/C25H36N2O/c1-24-10-5-11-25(17-24,20-6-3-2-4-7-20)15-18(14-24)8-9-23(28)27-22-13-19-12-21(22)26-16-19/h2-4,6-7,18-19,21-22,26H,5,8-17H2,1H3,(H,27,28)/t18?,19?,21?,22?,24-,25-/m1/s1. The third kappa shape index (κ3) is 3.51. The van der Waals surface area contributed by atoms with Crippen LogP contribution in [0, 0.1) is 17.3 Å². The van der Waals surface area contributed by atoms with E-state index >= 15 is 0 Å². The van der Waals surface area contributed by atoms with E-state index < -0.39 is 0 Å². The van der Waals surface area contributed by atoms with Gasteiger partial charge in [0, 0.05) is 18.5 Å². The molecule has 1 aliphatic heterocycles. The van der Waals surface area contributed by atoms with Gasteiger partial charge in [0.1, 0.15) is 0 Å². The first-order chi connectivity index (χ1) is 13.5. The fourth-order valence-electron chi connectivity index (χ4n) is 7.50. The van der Waals surface area contributed by atoms with Crippen LogP contribution in [0.5, 0.6) is 0 Å². The zero-order valence-corrected chi connectivity index (χ0v) is 17.4. The van der Waals surface area contributed by atoms with Crippen LogP contribution in [0.1, 0.15) is 76.7 Å². The van der Waals surface area contributed by atoms with Gasteiger partial charge in [-0.3, -0.25) is 4.79 Å². The fraction of sp³-hybridized carbons (Fsp3) is 0.720. The molecule has 3 aliphatic carbocycles. The van der Waals surface area contributed by atoms with Crippen LogP contribution in [-0.2, 0) is 10.2 Å². The van der Waals surface area contributed by atoms with E-state index in [0.29, 0.717) is 35.3 Å². The molecule has 1 aromatic carbocycles. The van der Waals surface area contributed by atoms with Gasteiger partial charge in [-0.05, 0) is 86.1 Å². The quantitative estimate of drug-likeness (QED) is 0.786. The Balaban J connectivity index is 1.22. The third-order valence-corrected chi connectivity index (χ3v) is 8.50. The highest BCUT2D eigenvalue weighted by molar-refractivity contribution is 5.76. The summed E-state index contributed by atoms with van der Waals surface area (Å²) in [5.74, 6) is 1.76. The van der Waals surface area contributed by atoms with E-state index in [1.54, 1.807) is 5.56 Å². The van der Waals surface area contributed by atoms with Gasteiger partial charge in [-0.25, -0.2) is 0 Å². The topological polar surface area (TPSA) is 41.1 Å². The van der Waals surface area contributed by atoms with E-state index in [9.17, 15) is 4.79 Å². The van der Waals surface area contributed by atoms with Gasteiger partial charge in [-0.2, -0.15) is 0 Å². The molecule has 0 aromatic heterocycles. The van der Waals surface area contributed by atoms with E-state index in [1.807, 2.05) is 0 Å². The summed E-state index contributed by atoms with van der Waals surface area (Å²) in [5.41, 5.74) is 2.35. The van der Waals surface area contributed by atoms with Crippen LogP contribution in [0.4, 0.5) is 0 Å². The predicted molar refractivity (Wildman–Crippen MR) is 113 cm³/mol. The third-order valence-electron chi connectivity index (χ3n) is 8.50. The van der Waals surface area contributed by atoms with Crippen LogP contribution in [-0.4, -0.2) is 24.5 Å². The zero-order valence-electron chi connectivity index (χ0n) is 17.4. The van der Waals surface area contributed by atoms with Gasteiger partial charge in [0.15, 0.2) is 0 Å². The first-order valence-electron chi connectivity index (χ1n) is 11.6. The Bertz CT molecular complexity index is 719. The fourth-order valence-corrected chi connectivity index (χ4v) is 7.50. The molecule has 5 rings (SSSR count). The number of hydrogen-bond acceptors (Lipinski definition) is 2. The number of fused-ring (bicyclic) bond motifs is 4. The van der Waals surface area contributed by atoms with Gasteiger partial charge >= 0.3 is 0 Å². The minimum atomic E-state index is 0.286. The predicted octanol–water partition coefficient (Wildman–Crippen LogP) is 4.56. The van der Waals surface area contributed by atoms with E-state index in [2.05, 4.69) is 47.9 Å². The van der Waals surface area contributed by atoms with Gasteiger partial charge in [0.05, 0.1) is 0 Å². The minimum Gasteiger partial charge on any atom is -0.352 e. The van der Waals surface area contributed by atoms with Crippen LogP contribution >= 0.6 is 0 Å². The largest absolute Gasteiger partial charge is 0.352 e. The zero-order chi connectivity index (χ0) is 19.2. The minimum absolute atomic E-state index is 0.286. The molecule has 4 aliphatic rings. The highest BCUT2D eigenvalue weighted by Crippen LogP contribution is 2.58. The molecule has 4 bridgehead atoms. The van der Waals surface area contributed by atoms with Crippen LogP contribution in [0.3, 0.4) is 0 Å². The van der Waals surface area contributed by atoms with Crippen LogP contribution < -0.4 is 10.6 Å². The molecule has 1 aromatic rings. The van der Waals surface area contributed by atoms with E-state index in [1.165, 1.54) is 51.4 Å². The van der Waals surface area contributed by atoms with E-state index in [-0.39, 0.29) is 5.91 Å². The molecule has 152 valence electrons. The number of hydrogen-bond donors (Lipinski definition) is 2. The summed E-state index contributed by atoms with van der Waals surface area (Å²) >= 11 is 0. The summed E-state index contributed by atoms with van der Waals surface area (Å²) in [6.07, 6.45) is 12.2. The van der Waals surface area contributed by atoms with Gasteiger partial charge in [0.2, 0.25) is 5.91 Å². The maximum Gasteiger partial charge on any atom is 0.220 e. The normalized spacial score (nSPS) is 41.8. The molecule has 3 heteroatoms. The average molecular weight is 381 g/mol. The van der Waals surface area contributed by atoms with Crippen molar-refractivity contribution in [2.75, 3.05) is 6.54 Å². The molecule has 1 heterocycles. The Morgan fingerprint density at radius 2 is 2.04 bits per heavy atom. The van der Waals surface area contributed by atoms with Gasteiger partial charge in [-0.1, -0.05) is 43.7 Å². The number of rotatable bonds is 5. The molecule has 6 atom stereocenters. The summed E-state index contributed by atoms with van der Waals surface area (Å²) in [4.78, 5) is 12.7. The monoisotopic (exact) mass is 380 g/mol. The lowest BCUT2D eigenvalue weighted by molar-refractivity contribution is -0.122. The SMILES string of the molecule is C[C@@]12CCC[C@@](c3ccccc3)(CC(CCC(=O)NC3CC4CNC3C4)C1)C2. The van der Waals surface area contributed by atoms with Crippen molar-refractivity contribution in [3.8, 4) is 0 Å². The Hall–Kier alpha value is -1.35. The molecule has 3 saturated carbocycles. The van der Waals surface area contributed by atoms with Gasteiger partial charge in [0.25, 0.3) is 0 Å². The molecule has 0 radical (unpaired) electrons. The molecular weight excluding hydrogens is 344 g/mol. The van der Waals surface area contributed by atoms with Crippen LogP contribution in [0.2, 0.25) is 0 Å². The lowest BCUT2D eigenvalue weighted by Crippen LogP contribution is -2.48. The second-order valence-electron chi connectivity index (χ2n) is 10.8. The number of amides is 1. The lowest BCUT2D eigenvalue weighted by Gasteiger charge is -2.54. The van der Waals surface area contributed by atoms with Crippen molar-refractivity contribution in [2.45, 2.75) is 88.6 Å². The molecular formula is C25H36N2O. The number of benzene rings is 1. The summed E-state index contributed by atoms with van der Waals surface area (Å²) in [6.45, 7) is 3.66. The number of piperidine rings is 1. The summed E-state index contributed by atoms with van der Waals surface area (Å²) < 4.78 is 0. The lowest BCUT2D eigenvalue weighted by atomic mass is 9.50. The van der Waals surface area contributed by atoms with Crippen molar-refractivity contribution in [3.05, 3.63) is 35.9 Å². The first-order valence-corrected chi connectivity index (χ1v) is 11.6. The number of carbonyl (C=O) groups is 1.